The van der Waals surface area contributed by atoms with E-state index in [1.54, 1.807) is 9.25 Å². The van der Waals surface area contributed by atoms with Crippen LogP contribution in [0.25, 0.3) is 11.0 Å². The van der Waals surface area contributed by atoms with Gasteiger partial charge in [0.05, 0.1) is 5.69 Å². The van der Waals surface area contributed by atoms with Gasteiger partial charge >= 0.3 is 0 Å². The van der Waals surface area contributed by atoms with Gasteiger partial charge in [0.2, 0.25) is 0 Å². The van der Waals surface area contributed by atoms with Gasteiger partial charge in [0.1, 0.15) is 22.7 Å². The molecule has 0 spiro atoms. The van der Waals surface area contributed by atoms with Gasteiger partial charge in [-0.3, -0.25) is 14.0 Å². The molecule has 0 fully saturated rings. The molecular weight excluding hydrogens is 364 g/mol. The summed E-state index contributed by atoms with van der Waals surface area (Å²) in [5, 5.41) is 4.51. The largest absolute Gasteiger partial charge is 0.488 e. The molecular formula is C23H32N4O2. The van der Waals surface area contributed by atoms with Crippen LogP contribution >= 0.6 is 0 Å². The minimum atomic E-state index is -0.200. The lowest BCUT2D eigenvalue weighted by Gasteiger charge is -2.21. The lowest BCUT2D eigenvalue weighted by Crippen LogP contribution is -2.25. The number of benzene rings is 1. The van der Waals surface area contributed by atoms with Gasteiger partial charge in [-0.15, -0.1) is 0 Å². The Balaban J connectivity index is 1.72. The van der Waals surface area contributed by atoms with Crippen LogP contribution in [0.5, 0.6) is 5.75 Å². The van der Waals surface area contributed by atoms with E-state index in [1.165, 1.54) is 5.56 Å². The second-order valence-electron chi connectivity index (χ2n) is 8.60. The number of hydrogen-bond acceptors (Lipinski definition) is 4. The van der Waals surface area contributed by atoms with E-state index >= 15 is 0 Å². The molecule has 0 atom stereocenters. The van der Waals surface area contributed by atoms with E-state index < -0.39 is 0 Å². The predicted molar refractivity (Wildman–Crippen MR) is 117 cm³/mol. The molecule has 0 aliphatic rings. The average molecular weight is 397 g/mol. The highest BCUT2D eigenvalue weighted by Gasteiger charge is 2.16. The van der Waals surface area contributed by atoms with E-state index in [2.05, 4.69) is 24.2 Å². The summed E-state index contributed by atoms with van der Waals surface area (Å²) >= 11 is 0. The molecule has 0 saturated heterocycles. The zero-order valence-corrected chi connectivity index (χ0v) is 18.5. The molecule has 0 aliphatic heterocycles. The van der Waals surface area contributed by atoms with E-state index in [0.717, 1.165) is 48.5 Å². The Hall–Kier alpha value is -2.63. The first kappa shape index (κ1) is 21.1. The first-order valence-corrected chi connectivity index (χ1v) is 10.4. The van der Waals surface area contributed by atoms with E-state index in [4.69, 9.17) is 9.72 Å². The molecule has 0 bridgehead atoms. The zero-order chi connectivity index (χ0) is 21.2. The van der Waals surface area contributed by atoms with Gasteiger partial charge in [-0.25, -0.2) is 4.98 Å². The van der Waals surface area contributed by atoms with Crippen LogP contribution < -0.4 is 10.3 Å². The van der Waals surface area contributed by atoms with Gasteiger partial charge in [-0.2, -0.15) is 5.10 Å². The van der Waals surface area contributed by atoms with Crippen molar-refractivity contribution in [2.75, 3.05) is 0 Å². The first-order chi connectivity index (χ1) is 13.7. The maximum absolute atomic E-state index is 13.1. The van der Waals surface area contributed by atoms with Gasteiger partial charge in [0, 0.05) is 13.6 Å². The summed E-state index contributed by atoms with van der Waals surface area (Å²) in [6, 6.07) is 8.21. The second kappa shape index (κ2) is 8.39. The van der Waals surface area contributed by atoms with E-state index in [-0.39, 0.29) is 11.2 Å². The Morgan fingerprint density at radius 3 is 2.41 bits per heavy atom. The van der Waals surface area contributed by atoms with Crippen molar-refractivity contribution >= 4 is 11.0 Å². The summed E-state index contributed by atoms with van der Waals surface area (Å²) in [5.41, 5.74) is 3.30. The summed E-state index contributed by atoms with van der Waals surface area (Å²) in [7, 11) is 1.82. The summed E-state index contributed by atoms with van der Waals surface area (Å²) in [4.78, 5) is 17.8. The molecule has 29 heavy (non-hydrogen) atoms. The van der Waals surface area contributed by atoms with Crippen molar-refractivity contribution < 1.29 is 4.74 Å². The maximum atomic E-state index is 13.1. The number of hydrogen-bond donors (Lipinski definition) is 0. The summed E-state index contributed by atoms with van der Waals surface area (Å²) in [6.45, 7) is 10.8. The number of nitrogens with zero attached hydrogens (tertiary/aromatic N) is 4. The van der Waals surface area contributed by atoms with Crippen LogP contribution in [0, 0.1) is 6.92 Å². The highest BCUT2D eigenvalue weighted by molar-refractivity contribution is 5.76. The molecule has 156 valence electrons. The summed E-state index contributed by atoms with van der Waals surface area (Å²) in [6.07, 6.45) is 3.58. The van der Waals surface area contributed by atoms with Gasteiger partial charge in [-0.1, -0.05) is 25.5 Å². The Labute approximate surface area is 172 Å². The Morgan fingerprint density at radius 1 is 1.10 bits per heavy atom. The topological polar surface area (TPSA) is 61.9 Å². The summed E-state index contributed by atoms with van der Waals surface area (Å²) in [5.74, 6) is 1.63. The summed E-state index contributed by atoms with van der Waals surface area (Å²) < 4.78 is 9.33. The van der Waals surface area contributed by atoms with E-state index in [0.29, 0.717) is 12.1 Å². The average Bonchev–Trinajstić information content (AvgIpc) is 2.93. The fourth-order valence-electron chi connectivity index (χ4n) is 3.61. The van der Waals surface area contributed by atoms with Crippen molar-refractivity contribution in [3.63, 3.8) is 0 Å². The Morgan fingerprint density at radius 2 is 1.79 bits per heavy atom. The van der Waals surface area contributed by atoms with Crippen LogP contribution in [-0.2, 0) is 26.4 Å². The number of rotatable bonds is 7. The third kappa shape index (κ3) is 4.86. The molecule has 2 heterocycles. The smallest absolute Gasteiger partial charge is 0.279 e. The molecule has 6 heteroatoms. The lowest BCUT2D eigenvalue weighted by atomic mass is 10.1. The van der Waals surface area contributed by atoms with Gasteiger partial charge in [-0.05, 0) is 64.7 Å². The van der Waals surface area contributed by atoms with Crippen molar-refractivity contribution in [2.45, 2.75) is 72.4 Å². The minimum absolute atomic E-state index is 0.00113. The van der Waals surface area contributed by atoms with Crippen LogP contribution in [0.4, 0.5) is 0 Å². The molecule has 0 radical (unpaired) electrons. The van der Waals surface area contributed by atoms with Crippen LogP contribution in [0.3, 0.4) is 0 Å². The SMILES string of the molecule is CCCc1nn(C)c2c(=O)n(CCCc3ccc(OC(C)(C)C)cc3)c(C)nc12. The van der Waals surface area contributed by atoms with Crippen LogP contribution in [0.1, 0.15) is 57.6 Å². The molecule has 3 aromatic rings. The molecule has 0 saturated carbocycles. The molecule has 3 rings (SSSR count). The lowest BCUT2D eigenvalue weighted by molar-refractivity contribution is 0.131. The van der Waals surface area contributed by atoms with Crippen molar-refractivity contribution in [3.8, 4) is 5.75 Å². The third-order valence-corrected chi connectivity index (χ3v) is 4.89. The van der Waals surface area contributed by atoms with Gasteiger partial charge in [0.25, 0.3) is 5.56 Å². The quantitative estimate of drug-likeness (QED) is 0.600. The standard InChI is InChI=1S/C23H32N4O2/c1-7-9-19-20-21(26(6)25-19)22(28)27(16(2)24-20)15-8-10-17-11-13-18(14-12-17)29-23(3,4)5/h11-14H,7-10,15H2,1-6H3. The highest BCUT2D eigenvalue weighted by Crippen LogP contribution is 2.19. The van der Waals surface area contributed by atoms with Gasteiger partial charge < -0.3 is 4.74 Å². The molecule has 0 amide bonds. The molecule has 0 aliphatic carbocycles. The van der Waals surface area contributed by atoms with Crippen LogP contribution in [0.15, 0.2) is 29.1 Å². The molecule has 0 N–H and O–H groups in total. The fourth-order valence-corrected chi connectivity index (χ4v) is 3.61. The van der Waals surface area contributed by atoms with Crippen LogP contribution in [0.2, 0.25) is 0 Å². The molecule has 6 nitrogen and oxygen atoms in total. The third-order valence-electron chi connectivity index (χ3n) is 4.89. The van der Waals surface area contributed by atoms with Gasteiger partial charge in [0.15, 0.2) is 5.52 Å². The van der Waals surface area contributed by atoms with Crippen molar-refractivity contribution in [1.82, 2.24) is 19.3 Å². The monoisotopic (exact) mass is 396 g/mol. The number of aryl methyl sites for hydroxylation is 4. The molecule has 1 aromatic carbocycles. The molecule has 0 unspecified atom stereocenters. The fraction of sp³-hybridized carbons (Fsp3) is 0.522. The Kier molecular flexibility index (Phi) is 6.10. The maximum Gasteiger partial charge on any atom is 0.279 e. The van der Waals surface area contributed by atoms with E-state index in [9.17, 15) is 4.79 Å². The number of ether oxygens (including phenoxy) is 1. The Bertz CT molecular complexity index is 1040. The normalized spacial score (nSPS) is 11.9. The van der Waals surface area contributed by atoms with E-state index in [1.807, 2.05) is 46.9 Å². The first-order valence-electron chi connectivity index (χ1n) is 10.4. The minimum Gasteiger partial charge on any atom is -0.488 e. The predicted octanol–water partition coefficient (Wildman–Crippen LogP) is 4.20. The number of fused-ring (bicyclic) bond motifs is 1. The van der Waals surface area contributed by atoms with Crippen LogP contribution in [-0.4, -0.2) is 24.9 Å². The second-order valence-corrected chi connectivity index (χ2v) is 8.60. The molecule has 2 aromatic heterocycles. The van der Waals surface area contributed by atoms with Crippen molar-refractivity contribution in [2.24, 2.45) is 7.05 Å². The zero-order valence-electron chi connectivity index (χ0n) is 18.5. The van der Waals surface area contributed by atoms with Crippen molar-refractivity contribution in [1.29, 1.82) is 0 Å². The highest BCUT2D eigenvalue weighted by atomic mass is 16.5. The number of aromatic nitrogens is 4. The van der Waals surface area contributed by atoms with Crippen molar-refractivity contribution in [3.05, 3.63) is 51.7 Å².